The third kappa shape index (κ3) is 4.57. The summed E-state index contributed by atoms with van der Waals surface area (Å²) in [5.41, 5.74) is 3.94. The van der Waals surface area contributed by atoms with Crippen LogP contribution in [0.4, 0.5) is 5.69 Å². The summed E-state index contributed by atoms with van der Waals surface area (Å²) in [5, 5.41) is 3.05. The van der Waals surface area contributed by atoms with Crippen LogP contribution in [-0.2, 0) is 17.6 Å². The van der Waals surface area contributed by atoms with Crippen molar-refractivity contribution in [2.75, 3.05) is 25.1 Å². The number of hydrogen-bond acceptors (Lipinski definition) is 3. The van der Waals surface area contributed by atoms with E-state index in [0.717, 1.165) is 43.7 Å². The molecule has 1 aliphatic heterocycles. The molecule has 0 bridgehead atoms. The number of methoxy groups -OCH3 is 1. The number of carbonyl (C=O) groups is 1. The number of amides is 1. The molecule has 0 aromatic heterocycles. The lowest BCUT2D eigenvalue weighted by Gasteiger charge is -2.24. The van der Waals surface area contributed by atoms with Crippen molar-refractivity contribution in [3.63, 3.8) is 0 Å². The van der Waals surface area contributed by atoms with E-state index in [2.05, 4.69) is 41.4 Å². The maximum Gasteiger partial charge on any atom is 0.220 e. The SMILES string of the molecule is COc1ccc(CCC(=O)NCCCN2c3ccccc3C[C@H]2C)cc1. The average molecular weight is 352 g/mol. The topological polar surface area (TPSA) is 41.6 Å². The first-order chi connectivity index (χ1) is 12.7. The minimum atomic E-state index is 0.121. The van der Waals surface area contributed by atoms with Gasteiger partial charge >= 0.3 is 0 Å². The molecule has 0 aliphatic carbocycles. The van der Waals surface area contributed by atoms with Gasteiger partial charge in [-0.25, -0.2) is 0 Å². The van der Waals surface area contributed by atoms with Gasteiger partial charge in [0.15, 0.2) is 0 Å². The van der Waals surface area contributed by atoms with Crippen LogP contribution in [0.1, 0.15) is 30.9 Å². The van der Waals surface area contributed by atoms with Crippen molar-refractivity contribution >= 4 is 11.6 Å². The Hall–Kier alpha value is -2.49. The number of fused-ring (bicyclic) bond motifs is 1. The molecule has 1 atom stereocenters. The van der Waals surface area contributed by atoms with Gasteiger partial charge in [0.05, 0.1) is 7.11 Å². The number of carbonyl (C=O) groups excluding carboxylic acids is 1. The summed E-state index contributed by atoms with van der Waals surface area (Å²) in [6.07, 6.45) is 3.36. The third-order valence-electron chi connectivity index (χ3n) is 5.05. The molecule has 1 heterocycles. The van der Waals surface area contributed by atoms with Gasteiger partial charge < -0.3 is 15.0 Å². The number of para-hydroxylation sites is 1. The summed E-state index contributed by atoms with van der Waals surface area (Å²) >= 11 is 0. The molecule has 0 saturated carbocycles. The fourth-order valence-corrected chi connectivity index (χ4v) is 3.59. The second-order valence-corrected chi connectivity index (χ2v) is 6.93. The van der Waals surface area contributed by atoms with E-state index in [9.17, 15) is 4.79 Å². The van der Waals surface area contributed by atoms with Crippen LogP contribution in [0.25, 0.3) is 0 Å². The second-order valence-electron chi connectivity index (χ2n) is 6.93. The number of nitrogens with zero attached hydrogens (tertiary/aromatic N) is 1. The Bertz CT molecular complexity index is 727. The van der Waals surface area contributed by atoms with Crippen LogP contribution in [0.15, 0.2) is 48.5 Å². The van der Waals surface area contributed by atoms with Crippen LogP contribution in [0.3, 0.4) is 0 Å². The Kier molecular flexibility index (Phi) is 6.16. The molecule has 138 valence electrons. The van der Waals surface area contributed by atoms with E-state index in [1.54, 1.807) is 7.11 Å². The van der Waals surface area contributed by atoms with Crippen LogP contribution in [0.5, 0.6) is 5.75 Å². The highest BCUT2D eigenvalue weighted by atomic mass is 16.5. The van der Waals surface area contributed by atoms with E-state index < -0.39 is 0 Å². The van der Waals surface area contributed by atoms with Gasteiger partial charge in [-0.1, -0.05) is 30.3 Å². The van der Waals surface area contributed by atoms with Gasteiger partial charge in [-0.2, -0.15) is 0 Å². The van der Waals surface area contributed by atoms with Crippen LogP contribution in [0.2, 0.25) is 0 Å². The predicted molar refractivity (Wildman–Crippen MR) is 106 cm³/mol. The Morgan fingerprint density at radius 3 is 2.73 bits per heavy atom. The zero-order chi connectivity index (χ0) is 18.4. The maximum atomic E-state index is 12.0. The van der Waals surface area contributed by atoms with Crippen molar-refractivity contribution in [1.82, 2.24) is 5.32 Å². The van der Waals surface area contributed by atoms with Gasteiger partial charge in [0.25, 0.3) is 0 Å². The van der Waals surface area contributed by atoms with E-state index in [1.165, 1.54) is 11.3 Å². The summed E-state index contributed by atoms with van der Waals surface area (Å²) in [4.78, 5) is 14.5. The van der Waals surface area contributed by atoms with E-state index >= 15 is 0 Å². The molecule has 1 aliphatic rings. The minimum absolute atomic E-state index is 0.121. The first kappa shape index (κ1) is 18.3. The van der Waals surface area contributed by atoms with E-state index in [4.69, 9.17) is 4.74 Å². The fraction of sp³-hybridized carbons (Fsp3) is 0.409. The minimum Gasteiger partial charge on any atom is -0.497 e. The molecule has 26 heavy (non-hydrogen) atoms. The fourth-order valence-electron chi connectivity index (χ4n) is 3.59. The van der Waals surface area contributed by atoms with Crippen LogP contribution in [-0.4, -0.2) is 32.1 Å². The monoisotopic (exact) mass is 352 g/mol. The number of nitrogens with one attached hydrogen (secondary N) is 1. The first-order valence-corrected chi connectivity index (χ1v) is 9.41. The zero-order valence-corrected chi connectivity index (χ0v) is 15.7. The third-order valence-corrected chi connectivity index (χ3v) is 5.05. The molecule has 1 amide bonds. The number of anilines is 1. The van der Waals surface area contributed by atoms with Gasteiger partial charge in [0.1, 0.15) is 5.75 Å². The maximum absolute atomic E-state index is 12.0. The van der Waals surface area contributed by atoms with E-state index in [-0.39, 0.29) is 5.91 Å². The van der Waals surface area contributed by atoms with Crippen molar-refractivity contribution in [3.05, 3.63) is 59.7 Å². The summed E-state index contributed by atoms with van der Waals surface area (Å²) < 4.78 is 5.15. The normalized spacial score (nSPS) is 15.6. The van der Waals surface area contributed by atoms with Gasteiger partial charge in [0, 0.05) is 31.2 Å². The van der Waals surface area contributed by atoms with Crippen molar-refractivity contribution in [2.24, 2.45) is 0 Å². The molecule has 0 radical (unpaired) electrons. The largest absolute Gasteiger partial charge is 0.497 e. The van der Waals surface area contributed by atoms with Crippen molar-refractivity contribution < 1.29 is 9.53 Å². The quantitative estimate of drug-likeness (QED) is 0.738. The number of rotatable bonds is 8. The highest BCUT2D eigenvalue weighted by Crippen LogP contribution is 2.31. The molecule has 2 aromatic rings. The van der Waals surface area contributed by atoms with Crippen molar-refractivity contribution in [2.45, 2.75) is 38.6 Å². The van der Waals surface area contributed by atoms with Gasteiger partial charge in [-0.3, -0.25) is 4.79 Å². The average Bonchev–Trinajstić information content (AvgIpc) is 2.99. The van der Waals surface area contributed by atoms with Crippen molar-refractivity contribution in [3.8, 4) is 5.75 Å². The predicted octanol–water partition coefficient (Wildman–Crippen LogP) is 3.59. The number of aryl methyl sites for hydroxylation is 1. The molecule has 3 rings (SSSR count). The molecule has 0 fully saturated rings. The van der Waals surface area contributed by atoms with Gasteiger partial charge in [-0.15, -0.1) is 0 Å². The summed E-state index contributed by atoms with van der Waals surface area (Å²) in [6, 6.07) is 17.1. The highest BCUT2D eigenvalue weighted by Gasteiger charge is 2.24. The van der Waals surface area contributed by atoms with Crippen molar-refractivity contribution in [1.29, 1.82) is 0 Å². The number of hydrogen-bond donors (Lipinski definition) is 1. The lowest BCUT2D eigenvalue weighted by molar-refractivity contribution is -0.121. The van der Waals surface area contributed by atoms with Gasteiger partial charge in [0.2, 0.25) is 5.91 Å². The summed E-state index contributed by atoms with van der Waals surface area (Å²) in [5.74, 6) is 0.964. The van der Waals surface area contributed by atoms with Gasteiger partial charge in [-0.05, 0) is 55.5 Å². The van der Waals surface area contributed by atoms with E-state index in [1.807, 2.05) is 24.3 Å². The Morgan fingerprint density at radius 1 is 1.19 bits per heavy atom. The Morgan fingerprint density at radius 2 is 1.96 bits per heavy atom. The smallest absolute Gasteiger partial charge is 0.220 e. The lowest BCUT2D eigenvalue weighted by Crippen LogP contribution is -2.33. The number of ether oxygens (including phenoxy) is 1. The molecular formula is C22H28N2O2. The zero-order valence-electron chi connectivity index (χ0n) is 15.7. The first-order valence-electron chi connectivity index (χ1n) is 9.41. The Labute approximate surface area is 156 Å². The Balaban J connectivity index is 1.36. The summed E-state index contributed by atoms with van der Waals surface area (Å²) in [7, 11) is 1.66. The molecule has 0 spiro atoms. The highest BCUT2D eigenvalue weighted by molar-refractivity contribution is 5.76. The molecule has 0 unspecified atom stereocenters. The molecule has 2 aromatic carbocycles. The second kappa shape index (κ2) is 8.75. The molecule has 0 saturated heterocycles. The molecule has 1 N–H and O–H groups in total. The number of benzene rings is 2. The lowest BCUT2D eigenvalue weighted by atomic mass is 10.1. The molecule has 4 nitrogen and oxygen atoms in total. The van der Waals surface area contributed by atoms with E-state index in [0.29, 0.717) is 12.5 Å². The van der Waals surface area contributed by atoms with Crippen LogP contribution >= 0.6 is 0 Å². The van der Waals surface area contributed by atoms with Crippen LogP contribution in [0, 0.1) is 0 Å². The molecule has 4 heteroatoms. The molecular weight excluding hydrogens is 324 g/mol. The standard InChI is InChI=1S/C22H28N2O2/c1-17-16-19-6-3-4-7-21(19)24(17)15-5-14-23-22(25)13-10-18-8-11-20(26-2)12-9-18/h3-4,6-9,11-12,17H,5,10,13-16H2,1-2H3,(H,23,25)/t17-/m1/s1. The summed E-state index contributed by atoms with van der Waals surface area (Å²) in [6.45, 7) is 3.98. The van der Waals surface area contributed by atoms with Crippen LogP contribution < -0.4 is 15.0 Å².